The molecule has 1 heterocycles. The van der Waals surface area contributed by atoms with Crippen molar-refractivity contribution in [3.63, 3.8) is 0 Å². The summed E-state index contributed by atoms with van der Waals surface area (Å²) in [5, 5.41) is 2.73. The molecule has 2 unspecified atom stereocenters. The van der Waals surface area contributed by atoms with E-state index in [9.17, 15) is 0 Å². The molecule has 0 amide bonds. The van der Waals surface area contributed by atoms with Crippen molar-refractivity contribution in [1.29, 1.82) is 0 Å². The van der Waals surface area contributed by atoms with Gasteiger partial charge >= 0.3 is 0 Å². The molecule has 1 heteroatoms. The average molecular weight is 777 g/mol. The fraction of sp³-hybridized carbons (Fsp3) is 0.0667. The molecule has 0 bridgehead atoms. The van der Waals surface area contributed by atoms with Crippen LogP contribution in [-0.4, -0.2) is 0 Å². The molecule has 0 aromatic heterocycles. The van der Waals surface area contributed by atoms with Gasteiger partial charge in [0.2, 0.25) is 0 Å². The van der Waals surface area contributed by atoms with Crippen molar-refractivity contribution in [3.05, 3.63) is 275 Å². The summed E-state index contributed by atoms with van der Waals surface area (Å²) in [6, 6.07) is 76.6. The normalized spacial score (nSPS) is 18.3. The van der Waals surface area contributed by atoms with Crippen LogP contribution < -0.4 is 4.74 Å². The van der Waals surface area contributed by atoms with E-state index in [-0.39, 0.29) is 0 Å². The van der Waals surface area contributed by atoms with Crippen LogP contribution in [0.2, 0.25) is 0 Å². The summed E-state index contributed by atoms with van der Waals surface area (Å²) in [4.78, 5) is 0. The largest absolute Gasteiger partial charge is 0.457 e. The second kappa shape index (κ2) is 13.0. The molecule has 0 N–H and O–H groups in total. The maximum absolute atomic E-state index is 6.83. The first kappa shape index (κ1) is 34.4. The second-order valence-electron chi connectivity index (χ2n) is 16.9. The third kappa shape index (κ3) is 4.56. The molecule has 0 saturated carbocycles. The average Bonchev–Trinajstić information content (AvgIpc) is 3.63. The number of rotatable bonds is 4. The third-order valence-corrected chi connectivity index (χ3v) is 14.2. The molecule has 0 radical (unpaired) electrons. The van der Waals surface area contributed by atoms with Crippen LogP contribution in [0.3, 0.4) is 0 Å². The Morgan fingerprint density at radius 1 is 0.426 bits per heavy atom. The Hall–Kier alpha value is -7.48. The van der Waals surface area contributed by atoms with Gasteiger partial charge in [0.05, 0.1) is 10.8 Å². The van der Waals surface area contributed by atoms with Crippen LogP contribution in [-0.2, 0) is 10.8 Å². The van der Waals surface area contributed by atoms with E-state index < -0.39 is 10.8 Å². The van der Waals surface area contributed by atoms with Crippen molar-refractivity contribution in [2.24, 2.45) is 0 Å². The van der Waals surface area contributed by atoms with Gasteiger partial charge < -0.3 is 4.74 Å². The predicted octanol–water partition coefficient (Wildman–Crippen LogP) is 15.0. The van der Waals surface area contributed by atoms with E-state index >= 15 is 0 Å². The minimum Gasteiger partial charge on any atom is -0.457 e. The molecule has 9 aromatic carbocycles. The van der Waals surface area contributed by atoms with E-state index in [1.165, 1.54) is 77.5 Å². The Kier molecular flexibility index (Phi) is 7.33. The SMILES string of the molecule is C1=CCC2C(=C1)C1(c3ccccc3-c3c(-c4ccccc4-c4ccc5c(c4)C(c4ccccc4)(c4ccccc4)c4ccccc4O5)cccc31)c1cccc3cccc2c13. The second-order valence-corrected chi connectivity index (χ2v) is 16.9. The molecule has 1 spiro atoms. The van der Waals surface area contributed by atoms with E-state index in [4.69, 9.17) is 4.74 Å². The van der Waals surface area contributed by atoms with E-state index in [1.54, 1.807) is 0 Å². The smallest absolute Gasteiger partial charge is 0.132 e. The summed E-state index contributed by atoms with van der Waals surface area (Å²) in [6.45, 7) is 0. The molecule has 1 aliphatic heterocycles. The molecule has 2 atom stereocenters. The number of allylic oxidation sites excluding steroid dienone is 4. The zero-order valence-electron chi connectivity index (χ0n) is 33.6. The topological polar surface area (TPSA) is 9.23 Å². The van der Waals surface area contributed by atoms with Crippen molar-refractivity contribution in [3.8, 4) is 44.9 Å². The van der Waals surface area contributed by atoms with Crippen molar-refractivity contribution in [2.75, 3.05) is 0 Å². The monoisotopic (exact) mass is 776 g/mol. The van der Waals surface area contributed by atoms with Crippen LogP contribution in [0.4, 0.5) is 0 Å². The molecule has 13 rings (SSSR count). The molecule has 3 aliphatic carbocycles. The van der Waals surface area contributed by atoms with Gasteiger partial charge in [0.1, 0.15) is 11.5 Å². The highest BCUT2D eigenvalue weighted by Crippen LogP contribution is 2.65. The van der Waals surface area contributed by atoms with Crippen LogP contribution in [0.1, 0.15) is 56.8 Å². The summed E-state index contributed by atoms with van der Waals surface area (Å²) in [6.07, 6.45) is 8.09. The Balaban J connectivity index is 1.07. The minimum absolute atomic E-state index is 0.302. The first-order chi connectivity index (χ1) is 30.3. The van der Waals surface area contributed by atoms with Crippen LogP contribution in [0, 0.1) is 0 Å². The fourth-order valence-corrected chi connectivity index (χ4v) is 11.9. The van der Waals surface area contributed by atoms with Gasteiger partial charge in [0.25, 0.3) is 0 Å². The van der Waals surface area contributed by atoms with Crippen LogP contribution in [0.15, 0.2) is 230 Å². The van der Waals surface area contributed by atoms with Crippen molar-refractivity contribution < 1.29 is 4.74 Å². The summed E-state index contributed by atoms with van der Waals surface area (Å²) in [5.74, 6) is 2.06. The Morgan fingerprint density at radius 3 is 1.84 bits per heavy atom. The Bertz CT molecular complexity index is 3270. The van der Waals surface area contributed by atoms with Gasteiger partial charge in [0.15, 0.2) is 0 Å². The van der Waals surface area contributed by atoms with Gasteiger partial charge in [-0.15, -0.1) is 0 Å². The molecule has 0 fully saturated rings. The van der Waals surface area contributed by atoms with Gasteiger partial charge in [-0.3, -0.25) is 0 Å². The highest BCUT2D eigenvalue weighted by atomic mass is 16.5. The van der Waals surface area contributed by atoms with Gasteiger partial charge in [-0.2, -0.15) is 0 Å². The molecule has 286 valence electrons. The predicted molar refractivity (Wildman–Crippen MR) is 250 cm³/mol. The zero-order chi connectivity index (χ0) is 40.1. The highest BCUT2D eigenvalue weighted by molar-refractivity contribution is 6.03. The maximum atomic E-state index is 6.83. The number of benzene rings is 9. The van der Waals surface area contributed by atoms with Crippen LogP contribution in [0.25, 0.3) is 44.2 Å². The van der Waals surface area contributed by atoms with E-state index in [0.29, 0.717) is 5.92 Å². The number of hydrogen-bond donors (Lipinski definition) is 0. The number of ether oxygens (including phenoxy) is 1. The van der Waals surface area contributed by atoms with E-state index in [1.807, 2.05) is 0 Å². The molecule has 0 saturated heterocycles. The van der Waals surface area contributed by atoms with Gasteiger partial charge in [-0.05, 0) is 108 Å². The summed E-state index contributed by atoms with van der Waals surface area (Å²) in [7, 11) is 0. The van der Waals surface area contributed by atoms with Crippen LogP contribution >= 0.6 is 0 Å². The maximum Gasteiger partial charge on any atom is 0.132 e. The first-order valence-electron chi connectivity index (χ1n) is 21.5. The molecular weight excluding hydrogens is 737 g/mol. The Morgan fingerprint density at radius 2 is 1.03 bits per heavy atom. The number of hydrogen-bond acceptors (Lipinski definition) is 1. The Labute approximate surface area is 356 Å². The van der Waals surface area contributed by atoms with Gasteiger partial charge in [0, 0.05) is 17.0 Å². The minimum atomic E-state index is -0.603. The molecule has 1 nitrogen and oxygen atoms in total. The lowest BCUT2D eigenvalue weighted by Crippen LogP contribution is -2.36. The van der Waals surface area contributed by atoms with E-state index in [0.717, 1.165) is 34.6 Å². The van der Waals surface area contributed by atoms with Gasteiger partial charge in [-0.25, -0.2) is 0 Å². The van der Waals surface area contributed by atoms with Crippen molar-refractivity contribution in [2.45, 2.75) is 23.2 Å². The fourth-order valence-electron chi connectivity index (χ4n) is 11.9. The van der Waals surface area contributed by atoms with Crippen molar-refractivity contribution >= 4 is 10.8 Å². The van der Waals surface area contributed by atoms with E-state index in [2.05, 4.69) is 224 Å². The lowest BCUT2D eigenvalue weighted by Gasteiger charge is -2.45. The summed E-state index contributed by atoms with van der Waals surface area (Å²) < 4.78 is 6.83. The van der Waals surface area contributed by atoms with Crippen LogP contribution in [0.5, 0.6) is 11.5 Å². The van der Waals surface area contributed by atoms with Gasteiger partial charge in [-0.1, -0.05) is 206 Å². The molecule has 61 heavy (non-hydrogen) atoms. The quantitative estimate of drug-likeness (QED) is 0.173. The summed E-state index contributed by atoms with van der Waals surface area (Å²) in [5.41, 5.74) is 18.2. The first-order valence-corrected chi connectivity index (χ1v) is 21.5. The molecule has 4 aliphatic rings. The number of para-hydroxylation sites is 1. The lowest BCUT2D eigenvalue weighted by molar-refractivity contribution is 0.434. The zero-order valence-corrected chi connectivity index (χ0v) is 33.6. The standard InChI is InChI=1S/C60H40O/c1-3-20-41(21-4-1)59(42-22-5-2-6-23-42)51-32-13-14-35-55(51)61-56-37-36-40(38-54(56)59)43-24-7-8-25-44(43)46-29-17-34-53-58(46)48-27-10-12-31-50(48)60(53)49-30-11-9-26-45(49)47-28-15-18-39-19-16-33-52(60)57(39)47/h1-25,27-38,45H,26H2. The molecular formula is C60H40O. The summed E-state index contributed by atoms with van der Waals surface area (Å²) >= 11 is 0. The highest BCUT2D eigenvalue weighted by Gasteiger charge is 2.53. The number of fused-ring (bicyclic) bond motifs is 11. The third-order valence-electron chi connectivity index (χ3n) is 14.2. The van der Waals surface area contributed by atoms with Crippen molar-refractivity contribution in [1.82, 2.24) is 0 Å². The lowest BCUT2D eigenvalue weighted by atomic mass is 9.57. The molecule has 9 aromatic rings.